The predicted molar refractivity (Wildman–Crippen MR) is 91.0 cm³/mol. The Morgan fingerprint density at radius 1 is 1.09 bits per heavy atom. The SMILES string of the molecule is CN(C(=O)OC(C)(C)C)c1ccncc1.NCc1ccncc1. The summed E-state index contributed by atoms with van der Waals surface area (Å²) in [6.07, 6.45) is 6.38. The molecule has 6 nitrogen and oxygen atoms in total. The van der Waals surface area contributed by atoms with Crippen molar-refractivity contribution >= 4 is 11.8 Å². The lowest BCUT2D eigenvalue weighted by molar-refractivity contribution is 0.0589. The summed E-state index contributed by atoms with van der Waals surface area (Å²) in [5, 5.41) is 0. The molecule has 0 aliphatic heterocycles. The molecular formula is C17H24N4O2. The lowest BCUT2D eigenvalue weighted by atomic mass is 10.2. The zero-order valence-corrected chi connectivity index (χ0v) is 14.1. The molecule has 2 N–H and O–H groups in total. The molecule has 0 aliphatic carbocycles. The molecule has 2 aromatic heterocycles. The fraction of sp³-hybridized carbons (Fsp3) is 0.353. The van der Waals surface area contributed by atoms with Gasteiger partial charge in [0.15, 0.2) is 0 Å². The van der Waals surface area contributed by atoms with Gasteiger partial charge in [-0.25, -0.2) is 4.79 Å². The van der Waals surface area contributed by atoms with Crippen molar-refractivity contribution in [2.75, 3.05) is 11.9 Å². The summed E-state index contributed by atoms with van der Waals surface area (Å²) in [4.78, 5) is 20.8. The molecule has 0 saturated heterocycles. The highest BCUT2D eigenvalue weighted by Crippen LogP contribution is 2.15. The number of amides is 1. The summed E-state index contributed by atoms with van der Waals surface area (Å²) in [5.74, 6) is 0. The molecule has 6 heteroatoms. The number of rotatable bonds is 2. The molecule has 0 fully saturated rings. The van der Waals surface area contributed by atoms with Gasteiger partial charge in [0.05, 0.1) is 0 Å². The summed E-state index contributed by atoms with van der Waals surface area (Å²) >= 11 is 0. The number of hydrogen-bond donors (Lipinski definition) is 1. The van der Waals surface area contributed by atoms with Gasteiger partial charge in [-0.3, -0.25) is 14.9 Å². The molecule has 0 atom stereocenters. The minimum Gasteiger partial charge on any atom is -0.443 e. The van der Waals surface area contributed by atoms with Gasteiger partial charge in [0.1, 0.15) is 5.60 Å². The number of nitrogens with zero attached hydrogens (tertiary/aromatic N) is 3. The Morgan fingerprint density at radius 2 is 1.57 bits per heavy atom. The van der Waals surface area contributed by atoms with E-state index in [-0.39, 0.29) is 6.09 Å². The van der Waals surface area contributed by atoms with Gasteiger partial charge >= 0.3 is 6.09 Å². The highest BCUT2D eigenvalue weighted by Gasteiger charge is 2.20. The van der Waals surface area contributed by atoms with E-state index in [4.69, 9.17) is 10.5 Å². The highest BCUT2D eigenvalue weighted by atomic mass is 16.6. The maximum atomic E-state index is 11.6. The molecule has 0 aromatic carbocycles. The normalized spacial score (nSPS) is 10.3. The van der Waals surface area contributed by atoms with E-state index < -0.39 is 5.60 Å². The molecule has 0 saturated carbocycles. The minimum absolute atomic E-state index is 0.367. The number of pyridine rings is 2. The standard InChI is InChI=1S/C11H16N2O2.C6H8N2/c1-11(2,3)15-10(14)13(4)9-5-7-12-8-6-9;7-5-6-1-3-8-4-2-6/h5-8H,1-4H3;1-4H,5,7H2. The molecular weight excluding hydrogens is 292 g/mol. The molecule has 0 spiro atoms. The topological polar surface area (TPSA) is 81.3 Å². The first-order valence-corrected chi connectivity index (χ1v) is 7.29. The van der Waals surface area contributed by atoms with Crippen LogP contribution in [0.25, 0.3) is 0 Å². The van der Waals surface area contributed by atoms with E-state index >= 15 is 0 Å². The quantitative estimate of drug-likeness (QED) is 0.921. The third-order valence-electron chi connectivity index (χ3n) is 2.70. The monoisotopic (exact) mass is 316 g/mol. The average Bonchev–Trinajstić information content (AvgIpc) is 2.54. The Hall–Kier alpha value is -2.47. The fourth-order valence-corrected chi connectivity index (χ4v) is 1.52. The van der Waals surface area contributed by atoms with Gasteiger partial charge in [0.25, 0.3) is 0 Å². The zero-order chi connectivity index (χ0) is 17.3. The van der Waals surface area contributed by atoms with E-state index in [0.717, 1.165) is 11.3 Å². The number of hydrogen-bond acceptors (Lipinski definition) is 5. The molecule has 124 valence electrons. The van der Waals surface area contributed by atoms with Gasteiger partial charge in [-0.15, -0.1) is 0 Å². The summed E-state index contributed by atoms with van der Waals surface area (Å²) in [6.45, 7) is 6.12. The van der Waals surface area contributed by atoms with Crippen molar-refractivity contribution in [2.24, 2.45) is 5.73 Å². The van der Waals surface area contributed by atoms with E-state index in [1.807, 2.05) is 32.9 Å². The van der Waals surface area contributed by atoms with Crippen LogP contribution >= 0.6 is 0 Å². The summed E-state index contributed by atoms with van der Waals surface area (Å²) in [7, 11) is 1.67. The summed E-state index contributed by atoms with van der Waals surface area (Å²) in [5.41, 5.74) is 6.74. The summed E-state index contributed by atoms with van der Waals surface area (Å²) in [6, 6.07) is 7.31. The third kappa shape index (κ3) is 7.37. The smallest absolute Gasteiger partial charge is 0.414 e. The molecule has 0 bridgehead atoms. The van der Waals surface area contributed by atoms with Crippen LogP contribution in [0.2, 0.25) is 0 Å². The van der Waals surface area contributed by atoms with Crippen molar-refractivity contribution in [3.05, 3.63) is 54.6 Å². The first-order chi connectivity index (χ1) is 10.8. The second-order valence-corrected chi connectivity index (χ2v) is 5.80. The maximum Gasteiger partial charge on any atom is 0.414 e. The second-order valence-electron chi connectivity index (χ2n) is 5.80. The van der Waals surface area contributed by atoms with Crippen LogP contribution in [0.1, 0.15) is 26.3 Å². The van der Waals surface area contributed by atoms with Gasteiger partial charge in [0, 0.05) is 44.1 Å². The number of aromatic nitrogens is 2. The molecule has 2 aromatic rings. The van der Waals surface area contributed by atoms with E-state index in [9.17, 15) is 4.79 Å². The number of carbonyl (C=O) groups excluding carboxylic acids is 1. The van der Waals surface area contributed by atoms with Crippen LogP contribution < -0.4 is 10.6 Å². The Kier molecular flexibility index (Phi) is 7.15. The van der Waals surface area contributed by atoms with Crippen LogP contribution in [0, 0.1) is 0 Å². The largest absolute Gasteiger partial charge is 0.443 e. The van der Waals surface area contributed by atoms with Crippen LogP contribution in [0.4, 0.5) is 10.5 Å². The number of carbonyl (C=O) groups is 1. The highest BCUT2D eigenvalue weighted by molar-refractivity contribution is 5.86. The first-order valence-electron chi connectivity index (χ1n) is 7.29. The van der Waals surface area contributed by atoms with Crippen molar-refractivity contribution in [1.29, 1.82) is 0 Å². The van der Waals surface area contributed by atoms with Crippen molar-refractivity contribution < 1.29 is 9.53 Å². The zero-order valence-electron chi connectivity index (χ0n) is 14.1. The molecule has 0 unspecified atom stereocenters. The molecule has 23 heavy (non-hydrogen) atoms. The Bertz CT molecular complexity index is 583. The lowest BCUT2D eigenvalue weighted by Gasteiger charge is -2.24. The van der Waals surface area contributed by atoms with E-state index in [1.54, 1.807) is 44.0 Å². The molecule has 2 heterocycles. The predicted octanol–water partition coefficient (Wildman–Crippen LogP) is 2.99. The minimum atomic E-state index is -0.474. The van der Waals surface area contributed by atoms with E-state index in [0.29, 0.717) is 6.54 Å². The van der Waals surface area contributed by atoms with Crippen molar-refractivity contribution in [3.63, 3.8) is 0 Å². The lowest BCUT2D eigenvalue weighted by Crippen LogP contribution is -2.34. The maximum absolute atomic E-state index is 11.6. The third-order valence-corrected chi connectivity index (χ3v) is 2.70. The van der Waals surface area contributed by atoms with Crippen molar-refractivity contribution in [3.8, 4) is 0 Å². The molecule has 0 aliphatic rings. The number of nitrogens with two attached hydrogens (primary N) is 1. The van der Waals surface area contributed by atoms with Gasteiger partial charge < -0.3 is 10.5 Å². The van der Waals surface area contributed by atoms with E-state index in [1.165, 1.54) is 4.90 Å². The van der Waals surface area contributed by atoms with E-state index in [2.05, 4.69) is 9.97 Å². The second kappa shape index (κ2) is 8.85. The first kappa shape index (κ1) is 18.6. The molecule has 0 radical (unpaired) electrons. The van der Waals surface area contributed by atoms with Crippen molar-refractivity contribution in [2.45, 2.75) is 32.9 Å². The fourth-order valence-electron chi connectivity index (χ4n) is 1.52. The summed E-state index contributed by atoms with van der Waals surface area (Å²) < 4.78 is 5.22. The van der Waals surface area contributed by atoms with Gasteiger partial charge in [-0.1, -0.05) is 0 Å². The number of ether oxygens (including phenoxy) is 1. The van der Waals surface area contributed by atoms with Crippen LogP contribution in [-0.4, -0.2) is 28.7 Å². The van der Waals surface area contributed by atoms with Crippen molar-refractivity contribution in [1.82, 2.24) is 9.97 Å². The van der Waals surface area contributed by atoms with Gasteiger partial charge in [-0.05, 0) is 50.6 Å². The number of anilines is 1. The van der Waals surface area contributed by atoms with Crippen LogP contribution in [0.5, 0.6) is 0 Å². The van der Waals surface area contributed by atoms with Gasteiger partial charge in [0.2, 0.25) is 0 Å². The van der Waals surface area contributed by atoms with Crippen LogP contribution in [0.3, 0.4) is 0 Å². The average molecular weight is 316 g/mol. The Labute approximate surface area is 137 Å². The van der Waals surface area contributed by atoms with Crippen LogP contribution in [-0.2, 0) is 11.3 Å². The molecule has 2 rings (SSSR count). The van der Waals surface area contributed by atoms with Crippen LogP contribution in [0.15, 0.2) is 49.1 Å². The van der Waals surface area contributed by atoms with Gasteiger partial charge in [-0.2, -0.15) is 0 Å². The Balaban J connectivity index is 0.000000277. The molecule has 1 amide bonds. The Morgan fingerprint density at radius 3 is 1.96 bits per heavy atom.